The second-order valence-electron chi connectivity index (χ2n) is 21.8. The van der Waals surface area contributed by atoms with Crippen molar-refractivity contribution in [3.05, 3.63) is 47.7 Å². The fraction of sp³-hybridized carbons (Fsp3) is 0.633. The molecule has 17 heteroatoms. The highest BCUT2D eigenvalue weighted by Crippen LogP contribution is 2.37. The molecule has 3 aromatic rings. The van der Waals surface area contributed by atoms with Gasteiger partial charge in [-0.05, 0) is 152 Å². The van der Waals surface area contributed by atoms with Gasteiger partial charge >= 0.3 is 35.8 Å². The summed E-state index contributed by atoms with van der Waals surface area (Å²) in [6.07, 6.45) is -5.07. The summed E-state index contributed by atoms with van der Waals surface area (Å²) >= 11 is 0. The van der Waals surface area contributed by atoms with E-state index in [0.29, 0.717) is 29.6 Å². The van der Waals surface area contributed by atoms with E-state index in [4.69, 9.17) is 38.3 Å². The fourth-order valence-corrected chi connectivity index (χ4v) is 6.11. The summed E-state index contributed by atoms with van der Waals surface area (Å²) < 4.78 is 44.5. The minimum absolute atomic E-state index is 0.0360. The Labute approximate surface area is 387 Å². The Bertz CT molecular complexity index is 2230. The number of aliphatic carboxylic acids is 1. The Balaban J connectivity index is 1.89. The van der Waals surface area contributed by atoms with Gasteiger partial charge in [-0.15, -0.1) is 5.10 Å². The third-order valence-electron chi connectivity index (χ3n) is 10.3. The summed E-state index contributed by atoms with van der Waals surface area (Å²) in [4.78, 5) is 83.3. The Morgan fingerprint density at radius 1 is 0.652 bits per heavy atom. The summed E-state index contributed by atoms with van der Waals surface area (Å²) in [7, 11) is 0. The standard InChI is InChI=1S/C49H69N3O14/c1-45(2,3)40(55)60-27-31-34(63-42(57)47(7,8)9)35(64-43(58)48(10,11)12)36(65-44(59)49(13,14)15)39(62-31)66-38-33-29(24-25-50-37(33)52(51-38)26-16-17-32(53)54)21-18-28-19-22-30(23-20-28)61-41(56)46(4,5)6/h19-20,22-25,31,34-36,39H,16-18,21,26-27H2,1-15H3,(H,53,54)/t31-,34-,35+,36-,39+/m1/s1. The molecule has 1 aromatic carbocycles. The molecule has 5 atom stereocenters. The van der Waals surface area contributed by atoms with Crippen molar-refractivity contribution in [3.63, 3.8) is 0 Å². The molecule has 0 aliphatic carbocycles. The average Bonchev–Trinajstić information content (AvgIpc) is 3.53. The van der Waals surface area contributed by atoms with E-state index in [-0.39, 0.29) is 31.2 Å². The minimum atomic E-state index is -1.64. The molecule has 0 saturated carbocycles. The number of esters is 5. The van der Waals surface area contributed by atoms with Crippen molar-refractivity contribution in [1.29, 1.82) is 0 Å². The van der Waals surface area contributed by atoms with Crippen molar-refractivity contribution in [2.45, 2.75) is 167 Å². The lowest BCUT2D eigenvalue weighted by Gasteiger charge is -2.45. The van der Waals surface area contributed by atoms with Crippen molar-refractivity contribution in [3.8, 4) is 11.6 Å². The van der Waals surface area contributed by atoms with Crippen LogP contribution in [0.5, 0.6) is 11.6 Å². The number of ether oxygens (including phenoxy) is 7. The summed E-state index contributed by atoms with van der Waals surface area (Å²) in [6, 6.07) is 8.95. The van der Waals surface area contributed by atoms with E-state index in [0.717, 1.165) is 11.1 Å². The lowest BCUT2D eigenvalue weighted by atomic mass is 9.93. The molecule has 1 saturated heterocycles. The van der Waals surface area contributed by atoms with Gasteiger partial charge in [-0.3, -0.25) is 28.8 Å². The van der Waals surface area contributed by atoms with Gasteiger partial charge in [-0.25, -0.2) is 9.67 Å². The van der Waals surface area contributed by atoms with E-state index in [9.17, 15) is 33.9 Å². The summed E-state index contributed by atoms with van der Waals surface area (Å²) in [5, 5.41) is 14.7. The Hall–Kier alpha value is -5.58. The molecule has 17 nitrogen and oxygen atoms in total. The zero-order valence-electron chi connectivity index (χ0n) is 41.2. The second kappa shape index (κ2) is 20.5. The molecule has 0 spiro atoms. The molecule has 2 aromatic heterocycles. The van der Waals surface area contributed by atoms with Gasteiger partial charge in [0, 0.05) is 19.2 Å². The predicted molar refractivity (Wildman–Crippen MR) is 241 cm³/mol. The zero-order valence-corrected chi connectivity index (χ0v) is 41.2. The number of aryl methyl sites for hydroxylation is 3. The number of fused-ring (bicyclic) bond motifs is 1. The molecule has 1 fully saturated rings. The molecule has 1 aliphatic rings. The first kappa shape index (κ1) is 53.0. The number of hydrogen-bond donors (Lipinski definition) is 1. The van der Waals surface area contributed by atoms with Gasteiger partial charge in [-0.2, -0.15) is 0 Å². The first-order chi connectivity index (χ1) is 30.3. The number of carbonyl (C=O) groups excluding carboxylic acids is 5. The number of benzene rings is 1. The first-order valence-corrected chi connectivity index (χ1v) is 22.3. The smallest absolute Gasteiger partial charge is 0.316 e. The van der Waals surface area contributed by atoms with E-state index < -0.39 is 94.2 Å². The van der Waals surface area contributed by atoms with Gasteiger partial charge in [0.1, 0.15) is 18.5 Å². The summed E-state index contributed by atoms with van der Waals surface area (Å²) in [5.74, 6) is -3.75. The molecule has 0 bridgehead atoms. The number of carboxylic acid groups (broad SMARTS) is 1. The summed E-state index contributed by atoms with van der Waals surface area (Å²) in [6.45, 7) is 24.6. The van der Waals surface area contributed by atoms with Gasteiger partial charge in [-0.1, -0.05) is 12.1 Å². The lowest BCUT2D eigenvalue weighted by molar-refractivity contribution is -0.294. The van der Waals surface area contributed by atoms with E-state index in [2.05, 4.69) is 4.98 Å². The fourth-order valence-electron chi connectivity index (χ4n) is 6.11. The normalized spacial score (nSPS) is 19.4. The third-order valence-corrected chi connectivity index (χ3v) is 10.3. The predicted octanol–water partition coefficient (Wildman–Crippen LogP) is 7.60. The maximum absolute atomic E-state index is 13.9. The van der Waals surface area contributed by atoms with Crippen LogP contribution in [-0.4, -0.2) is 93.0 Å². The van der Waals surface area contributed by atoms with Crippen LogP contribution in [0.3, 0.4) is 0 Å². The maximum Gasteiger partial charge on any atom is 0.316 e. The highest BCUT2D eigenvalue weighted by molar-refractivity contribution is 5.85. The van der Waals surface area contributed by atoms with Crippen molar-refractivity contribution < 1.29 is 67.0 Å². The van der Waals surface area contributed by atoms with Crippen LogP contribution in [0, 0.1) is 27.1 Å². The number of carboxylic acids is 1. The van der Waals surface area contributed by atoms with Gasteiger partial charge in [0.2, 0.25) is 18.3 Å². The molecule has 0 unspecified atom stereocenters. The van der Waals surface area contributed by atoms with Crippen molar-refractivity contribution >= 4 is 46.8 Å². The van der Waals surface area contributed by atoms with Gasteiger partial charge in [0.25, 0.3) is 0 Å². The van der Waals surface area contributed by atoms with Crippen LogP contribution in [0.15, 0.2) is 36.5 Å². The molecular formula is C49H69N3O14. The molecule has 3 heterocycles. The quantitative estimate of drug-likeness (QED) is 0.0881. The lowest BCUT2D eigenvalue weighted by Crippen LogP contribution is -2.65. The van der Waals surface area contributed by atoms with Crippen LogP contribution in [0.1, 0.15) is 128 Å². The molecule has 4 rings (SSSR count). The Kier molecular flexibility index (Phi) is 16.5. The molecule has 1 N–H and O–H groups in total. The zero-order chi connectivity index (χ0) is 49.7. The van der Waals surface area contributed by atoms with E-state index in [1.807, 2.05) is 12.1 Å². The maximum atomic E-state index is 13.9. The molecular weight excluding hydrogens is 855 g/mol. The van der Waals surface area contributed by atoms with Gasteiger partial charge in [0.05, 0.1) is 32.5 Å². The van der Waals surface area contributed by atoms with Crippen molar-refractivity contribution in [2.75, 3.05) is 6.61 Å². The molecule has 66 heavy (non-hydrogen) atoms. The van der Waals surface area contributed by atoms with Gasteiger partial charge < -0.3 is 38.3 Å². The van der Waals surface area contributed by atoms with Crippen LogP contribution in [0.25, 0.3) is 11.0 Å². The van der Waals surface area contributed by atoms with E-state index in [1.54, 1.807) is 128 Å². The first-order valence-electron chi connectivity index (χ1n) is 22.3. The molecule has 364 valence electrons. The number of aromatic nitrogens is 3. The SMILES string of the molecule is CC(C)(C)C(=O)OC[C@H]1O[C@@H](Oc2nn(CCCC(=O)O)c3nccc(CCc4ccc(OC(=O)C(C)(C)C)cc4)c23)[C@H](OC(=O)C(C)(C)C)[C@@H](OC(=O)C(C)(C)C)[C@@H]1OC(=O)C(C)(C)C. The topological polar surface area (TPSA) is 218 Å². The minimum Gasteiger partial charge on any atom is -0.481 e. The Morgan fingerprint density at radius 3 is 1.68 bits per heavy atom. The van der Waals surface area contributed by atoms with E-state index in [1.165, 1.54) is 4.68 Å². The number of pyridine rings is 1. The van der Waals surface area contributed by atoms with Gasteiger partial charge in [0.15, 0.2) is 17.9 Å². The third kappa shape index (κ3) is 14.2. The van der Waals surface area contributed by atoms with Crippen molar-refractivity contribution in [2.24, 2.45) is 27.1 Å². The molecule has 0 amide bonds. The summed E-state index contributed by atoms with van der Waals surface area (Å²) in [5.41, 5.74) is -2.87. The second-order valence-corrected chi connectivity index (χ2v) is 21.8. The number of nitrogens with zero attached hydrogens (tertiary/aromatic N) is 3. The van der Waals surface area contributed by atoms with Crippen molar-refractivity contribution in [1.82, 2.24) is 14.8 Å². The molecule has 0 radical (unpaired) electrons. The molecule has 1 aliphatic heterocycles. The number of rotatable bonds is 15. The van der Waals surface area contributed by atoms with Crippen LogP contribution >= 0.6 is 0 Å². The van der Waals surface area contributed by atoms with Crippen LogP contribution in [-0.2, 0) is 71.8 Å². The van der Waals surface area contributed by atoms with Crippen LogP contribution in [0.2, 0.25) is 0 Å². The Morgan fingerprint density at radius 2 is 1.17 bits per heavy atom. The van der Waals surface area contributed by atoms with E-state index >= 15 is 0 Å². The van der Waals surface area contributed by atoms with Crippen LogP contribution < -0.4 is 9.47 Å². The largest absolute Gasteiger partial charge is 0.481 e. The van der Waals surface area contributed by atoms with Crippen LogP contribution in [0.4, 0.5) is 0 Å². The number of carbonyl (C=O) groups is 6. The highest BCUT2D eigenvalue weighted by Gasteiger charge is 2.56. The monoisotopic (exact) mass is 923 g/mol. The number of hydrogen-bond acceptors (Lipinski definition) is 15. The average molecular weight is 924 g/mol. The highest BCUT2D eigenvalue weighted by atomic mass is 16.7.